The fourth-order valence-electron chi connectivity index (χ4n) is 2.37. The molecule has 0 bridgehead atoms. The van der Waals surface area contributed by atoms with Gasteiger partial charge in [0.05, 0.1) is 0 Å². The van der Waals surface area contributed by atoms with Gasteiger partial charge in [0.25, 0.3) is 0 Å². The molecule has 0 aliphatic rings. The largest absolute Gasteiger partial charge is 0.483 e. The number of rotatable bonds is 14. The van der Waals surface area contributed by atoms with Gasteiger partial charge in [-0.25, -0.2) is 4.74 Å². The fraction of sp³-hybridized carbons (Fsp3) is 1.00. The van der Waals surface area contributed by atoms with Crippen LogP contribution in [0.3, 0.4) is 0 Å². The summed E-state index contributed by atoms with van der Waals surface area (Å²) in [5, 5.41) is 0. The van der Waals surface area contributed by atoms with Gasteiger partial charge in [0.2, 0.25) is 0 Å². The van der Waals surface area contributed by atoms with Gasteiger partial charge in [-0.1, -0.05) is 0 Å². The van der Waals surface area contributed by atoms with Gasteiger partial charge in [0.1, 0.15) is 0 Å². The fourth-order valence-corrected chi connectivity index (χ4v) is 2.37. The van der Waals surface area contributed by atoms with Crippen LogP contribution in [0.2, 0.25) is 0 Å². The first-order valence-corrected chi connectivity index (χ1v) is 11.0. The summed E-state index contributed by atoms with van der Waals surface area (Å²) in [6.07, 6.45) is -105. The molecule has 0 fully saturated rings. The maximum Gasteiger partial charge on any atom is 0.483 e. The van der Waals surface area contributed by atoms with Gasteiger partial charge in [-0.05, 0) is 0 Å². The lowest BCUT2D eigenvalue weighted by Crippen LogP contribution is -2.72. The van der Waals surface area contributed by atoms with Crippen molar-refractivity contribution in [2.24, 2.45) is 0 Å². The van der Waals surface area contributed by atoms with Crippen molar-refractivity contribution in [3.05, 3.63) is 0 Å². The highest BCUT2D eigenvalue weighted by atomic mass is 19.5. The summed E-state index contributed by atoms with van der Waals surface area (Å²) in [7, 11) is 0. The van der Waals surface area contributed by atoms with Gasteiger partial charge < -0.3 is 0 Å². The molecule has 39 heteroatoms. The van der Waals surface area contributed by atoms with E-state index in [1.54, 1.807) is 0 Å². The van der Waals surface area contributed by atoms with E-state index >= 15 is 0 Å². The van der Waals surface area contributed by atoms with Crippen molar-refractivity contribution in [3.63, 3.8) is 0 Å². The standard InChI is InChI=1S/C16F34O5/c17-1(5(21,22)23,52-13(43,44)3(19,7(27,28)29)54-15(47,48)9(33,34)35)11(39,40)51-2(18,6(24,25)26)12(41,42)53-4(20,8(30,31)32)14(45,46)55-16(49,50)10(36,37)38. The van der Waals surface area contributed by atoms with Gasteiger partial charge in [-0.15, -0.1) is 0 Å². The molecule has 0 saturated heterocycles. The topological polar surface area (TPSA) is 46.2 Å². The third-order valence-corrected chi connectivity index (χ3v) is 4.95. The van der Waals surface area contributed by atoms with E-state index < -0.39 is 97.1 Å². The smallest absolute Gasteiger partial charge is 0.263 e. The molecule has 0 aliphatic carbocycles. The Kier molecular flexibility index (Phi) is 12.9. The molecule has 0 heterocycles. The van der Waals surface area contributed by atoms with E-state index in [2.05, 4.69) is 0 Å². The first-order valence-electron chi connectivity index (χ1n) is 11.0. The number of hydrogen-bond acceptors (Lipinski definition) is 5. The Morgan fingerprint density at radius 2 is 0.273 bits per heavy atom. The lowest BCUT2D eigenvalue weighted by atomic mass is 10.2. The van der Waals surface area contributed by atoms with E-state index in [-0.39, 0.29) is 0 Å². The molecule has 5 nitrogen and oxygen atoms in total. The second-order valence-electron chi connectivity index (χ2n) is 8.98. The summed E-state index contributed by atoms with van der Waals surface area (Å²) in [5.41, 5.74) is 0. The molecule has 55 heavy (non-hydrogen) atoms. The predicted octanol–water partition coefficient (Wildman–Crippen LogP) is 10.7. The van der Waals surface area contributed by atoms with Crippen LogP contribution in [0.1, 0.15) is 0 Å². The third kappa shape index (κ3) is 9.11. The van der Waals surface area contributed by atoms with E-state index in [1.807, 2.05) is 0 Å². The molecule has 0 N–H and O–H groups in total. The van der Waals surface area contributed by atoms with E-state index in [0.717, 1.165) is 18.9 Å². The van der Waals surface area contributed by atoms with Crippen LogP contribution < -0.4 is 0 Å². The highest BCUT2D eigenvalue weighted by Crippen LogP contribution is 2.61. The minimum atomic E-state index is -9.48. The number of alkyl halides is 34. The normalized spacial score (nSPS) is 20.4. The van der Waals surface area contributed by atoms with E-state index in [4.69, 9.17) is 0 Å². The number of hydrogen-bond donors (Lipinski definition) is 0. The van der Waals surface area contributed by atoms with Gasteiger partial charge in [0.15, 0.2) is 0 Å². The van der Waals surface area contributed by atoms with Crippen LogP contribution in [-0.2, 0) is 23.7 Å². The summed E-state index contributed by atoms with van der Waals surface area (Å²) in [5.74, 6) is -36.9. The van der Waals surface area contributed by atoms with Crippen molar-refractivity contribution in [2.45, 2.75) is 97.1 Å². The predicted molar refractivity (Wildman–Crippen MR) is 86.8 cm³/mol. The van der Waals surface area contributed by atoms with Crippen LogP contribution in [-0.4, -0.2) is 97.1 Å². The molecule has 4 atom stereocenters. The summed E-state index contributed by atoms with van der Waals surface area (Å²) in [6, 6.07) is 0. The van der Waals surface area contributed by atoms with Crippen molar-refractivity contribution < 1.29 is 173 Å². The number of ether oxygens (including phenoxy) is 5. The van der Waals surface area contributed by atoms with Crippen LogP contribution in [0, 0.1) is 0 Å². The van der Waals surface area contributed by atoms with Crippen LogP contribution in [0.15, 0.2) is 0 Å². The Bertz CT molecular complexity index is 1330. The van der Waals surface area contributed by atoms with Crippen molar-refractivity contribution in [3.8, 4) is 0 Å². The van der Waals surface area contributed by atoms with Gasteiger partial charge in [-0.3, -0.25) is 18.9 Å². The molecule has 0 radical (unpaired) electrons. The second-order valence-corrected chi connectivity index (χ2v) is 8.98. The maximum atomic E-state index is 14.4. The zero-order valence-electron chi connectivity index (χ0n) is 22.9. The Hall–Kier alpha value is -2.58. The van der Waals surface area contributed by atoms with Crippen molar-refractivity contribution in [1.82, 2.24) is 0 Å². The molecule has 4 unspecified atom stereocenters. The molecule has 0 aromatic rings. The van der Waals surface area contributed by atoms with E-state index in [9.17, 15) is 149 Å². The average molecular weight is 918 g/mol. The Balaban J connectivity index is 7.84. The first-order chi connectivity index (χ1) is 23.0. The van der Waals surface area contributed by atoms with Gasteiger partial charge in [-0.2, -0.15) is 149 Å². The molecule has 0 saturated carbocycles. The molecule has 0 amide bonds. The van der Waals surface area contributed by atoms with Crippen molar-refractivity contribution >= 4 is 0 Å². The van der Waals surface area contributed by atoms with Crippen LogP contribution >= 0.6 is 0 Å². The molecule has 0 rings (SSSR count). The average Bonchev–Trinajstić information content (AvgIpc) is 2.82. The number of halogens is 34. The van der Waals surface area contributed by atoms with Gasteiger partial charge >= 0.3 is 97.1 Å². The summed E-state index contributed by atoms with van der Waals surface area (Å²) >= 11 is 0. The first kappa shape index (κ1) is 52.4. The summed E-state index contributed by atoms with van der Waals surface area (Å²) < 4.78 is 451. The highest BCUT2D eigenvalue weighted by Gasteiger charge is 2.90. The third-order valence-electron chi connectivity index (χ3n) is 4.95. The minimum absolute atomic E-state index is 0.698. The van der Waals surface area contributed by atoms with Crippen molar-refractivity contribution in [1.29, 1.82) is 0 Å². The maximum absolute atomic E-state index is 14.4. The summed E-state index contributed by atoms with van der Waals surface area (Å²) in [6.45, 7) is 0. The highest BCUT2D eigenvalue weighted by molar-refractivity contribution is 4.99. The SMILES string of the molecule is FC(F)(F)C(F)(F)OC(F)(F)C(F)(OC(F)(F)C(F)(OC(F)(F)C(F)(OC(F)(F)C(F)(OC(F)(F)C(F)(F)F)C(F)(F)F)C(F)(F)F)C(F)(F)F)C(F)(F)F. The molecular weight excluding hydrogens is 918 g/mol. The Morgan fingerprint density at radius 3 is 0.418 bits per heavy atom. The lowest BCUT2D eigenvalue weighted by Gasteiger charge is -2.44. The quantitative estimate of drug-likeness (QED) is 0.163. The minimum Gasteiger partial charge on any atom is -0.263 e. The van der Waals surface area contributed by atoms with Crippen LogP contribution in [0.4, 0.5) is 149 Å². The van der Waals surface area contributed by atoms with Gasteiger partial charge in [0, 0.05) is 0 Å². The molecule has 0 spiro atoms. The second kappa shape index (κ2) is 13.5. The molecule has 0 aliphatic heterocycles. The van der Waals surface area contributed by atoms with Crippen molar-refractivity contribution in [2.75, 3.05) is 0 Å². The Labute approximate surface area is 271 Å². The van der Waals surface area contributed by atoms with Crippen LogP contribution in [0.25, 0.3) is 0 Å². The molecule has 0 aromatic heterocycles. The molecular formula is C16F34O5. The van der Waals surface area contributed by atoms with E-state index in [1.165, 1.54) is 0 Å². The lowest BCUT2D eigenvalue weighted by molar-refractivity contribution is -0.602. The molecule has 332 valence electrons. The summed E-state index contributed by atoms with van der Waals surface area (Å²) in [4.78, 5) is 0. The zero-order chi connectivity index (χ0) is 45.5. The monoisotopic (exact) mass is 918 g/mol. The van der Waals surface area contributed by atoms with E-state index in [0.29, 0.717) is 4.74 Å². The molecule has 0 aromatic carbocycles. The zero-order valence-corrected chi connectivity index (χ0v) is 22.9. The van der Waals surface area contributed by atoms with Crippen LogP contribution in [0.5, 0.6) is 0 Å². The Morgan fingerprint density at radius 1 is 0.145 bits per heavy atom.